The van der Waals surface area contributed by atoms with Gasteiger partial charge in [-0.05, 0) is 18.2 Å². The maximum atomic E-state index is 13.7. The zero-order chi connectivity index (χ0) is 14.8. The molecule has 0 fully saturated rings. The highest BCUT2D eigenvalue weighted by Crippen LogP contribution is 2.38. The number of carbonyl (C=O) groups is 1. The molecule has 4 nitrogen and oxygen atoms in total. The van der Waals surface area contributed by atoms with Gasteiger partial charge in [0.15, 0.2) is 17.8 Å². The van der Waals surface area contributed by atoms with Crippen molar-refractivity contribution >= 4 is 17.9 Å². The average Bonchev–Trinajstić information content (AvgIpc) is 2.93. The molecule has 0 spiro atoms. The van der Waals surface area contributed by atoms with Crippen LogP contribution in [-0.2, 0) is 6.61 Å². The number of hydrogen-bond acceptors (Lipinski definition) is 4. The van der Waals surface area contributed by atoms with Crippen molar-refractivity contribution in [3.8, 4) is 17.2 Å². The summed E-state index contributed by atoms with van der Waals surface area (Å²) in [7, 11) is 0. The Morgan fingerprint density at radius 3 is 2.76 bits per heavy atom. The van der Waals surface area contributed by atoms with E-state index in [2.05, 4.69) is 0 Å². The van der Waals surface area contributed by atoms with Gasteiger partial charge in [-0.15, -0.1) is 0 Å². The van der Waals surface area contributed by atoms with Crippen LogP contribution >= 0.6 is 11.6 Å². The fraction of sp³-hybridized carbons (Fsp3) is 0.133. The van der Waals surface area contributed by atoms with Crippen LogP contribution in [-0.4, -0.2) is 13.1 Å². The second-order valence-corrected chi connectivity index (χ2v) is 4.76. The van der Waals surface area contributed by atoms with Gasteiger partial charge in [0.25, 0.3) is 0 Å². The molecule has 0 saturated heterocycles. The van der Waals surface area contributed by atoms with Crippen molar-refractivity contribution in [1.29, 1.82) is 0 Å². The molecule has 2 aromatic carbocycles. The lowest BCUT2D eigenvalue weighted by molar-refractivity contribution is 0.111. The van der Waals surface area contributed by atoms with Gasteiger partial charge in [-0.25, -0.2) is 4.39 Å². The third-order valence-electron chi connectivity index (χ3n) is 3.07. The molecule has 0 radical (unpaired) electrons. The van der Waals surface area contributed by atoms with Gasteiger partial charge in [0.05, 0.1) is 10.6 Å². The van der Waals surface area contributed by atoms with Gasteiger partial charge in [0, 0.05) is 11.6 Å². The minimum Gasteiger partial charge on any atom is -0.488 e. The Morgan fingerprint density at radius 1 is 1.29 bits per heavy atom. The number of ether oxygens (including phenoxy) is 3. The lowest BCUT2D eigenvalue weighted by Crippen LogP contribution is -2.01. The van der Waals surface area contributed by atoms with Gasteiger partial charge in [-0.1, -0.05) is 17.7 Å². The lowest BCUT2D eigenvalue weighted by atomic mass is 10.2. The number of fused-ring (bicyclic) bond motifs is 1. The van der Waals surface area contributed by atoms with Crippen molar-refractivity contribution in [3.63, 3.8) is 0 Å². The summed E-state index contributed by atoms with van der Waals surface area (Å²) in [5.41, 5.74) is 0.528. The predicted octanol–water partition coefficient (Wildman–Crippen LogP) is 3.60. The summed E-state index contributed by atoms with van der Waals surface area (Å²) in [6.45, 7) is 0.00220. The highest BCUT2D eigenvalue weighted by Gasteiger charge is 2.18. The molecule has 21 heavy (non-hydrogen) atoms. The standard InChI is InChI=1S/C15H10ClFO4/c16-11-2-1-3-12(17)10(11)7-19-13-5-15-14(20-8-21-15)4-9(13)6-18/h1-6H,7-8H2. The molecule has 0 atom stereocenters. The first kappa shape index (κ1) is 13.7. The molecule has 1 aliphatic rings. The van der Waals surface area contributed by atoms with E-state index in [9.17, 15) is 9.18 Å². The first-order chi connectivity index (χ1) is 10.2. The molecule has 3 rings (SSSR count). The molecule has 0 saturated carbocycles. The molecule has 0 aromatic heterocycles. The quantitative estimate of drug-likeness (QED) is 0.810. The molecule has 0 aliphatic carbocycles. The third kappa shape index (κ3) is 2.64. The Balaban J connectivity index is 1.87. The van der Waals surface area contributed by atoms with Crippen LogP contribution in [0.4, 0.5) is 4.39 Å². The molecule has 2 aromatic rings. The van der Waals surface area contributed by atoms with E-state index in [1.807, 2.05) is 0 Å². The molecule has 0 amide bonds. The summed E-state index contributed by atoms with van der Waals surface area (Å²) in [4.78, 5) is 11.1. The highest BCUT2D eigenvalue weighted by molar-refractivity contribution is 6.31. The maximum absolute atomic E-state index is 13.7. The largest absolute Gasteiger partial charge is 0.488 e. The van der Waals surface area contributed by atoms with Gasteiger partial charge < -0.3 is 14.2 Å². The number of halogens is 2. The molecular formula is C15H10ClFO4. The highest BCUT2D eigenvalue weighted by atomic mass is 35.5. The second-order valence-electron chi connectivity index (χ2n) is 4.35. The van der Waals surface area contributed by atoms with Crippen LogP contribution in [0.15, 0.2) is 30.3 Å². The summed E-state index contributed by atoms with van der Waals surface area (Å²) in [6, 6.07) is 7.45. The summed E-state index contributed by atoms with van der Waals surface area (Å²) in [5.74, 6) is 0.785. The summed E-state index contributed by atoms with van der Waals surface area (Å²) in [6.07, 6.45) is 0.639. The van der Waals surface area contributed by atoms with E-state index in [1.165, 1.54) is 18.2 Å². The SMILES string of the molecule is O=Cc1cc2c(cc1OCc1c(F)cccc1Cl)OCO2. The van der Waals surface area contributed by atoms with Crippen molar-refractivity contribution in [3.05, 3.63) is 52.3 Å². The third-order valence-corrected chi connectivity index (χ3v) is 3.42. The summed E-state index contributed by atoms with van der Waals surface area (Å²) < 4.78 is 29.6. The molecule has 108 valence electrons. The van der Waals surface area contributed by atoms with Crippen LogP contribution in [0.25, 0.3) is 0 Å². The Bertz CT molecular complexity index is 682. The van der Waals surface area contributed by atoms with E-state index in [4.69, 9.17) is 25.8 Å². The lowest BCUT2D eigenvalue weighted by Gasteiger charge is -2.11. The van der Waals surface area contributed by atoms with Crippen molar-refractivity contribution in [2.24, 2.45) is 0 Å². The topological polar surface area (TPSA) is 44.8 Å². The van der Waals surface area contributed by atoms with Crippen molar-refractivity contribution < 1.29 is 23.4 Å². The van der Waals surface area contributed by atoms with E-state index in [1.54, 1.807) is 12.1 Å². The molecule has 6 heteroatoms. The van der Waals surface area contributed by atoms with Crippen LogP contribution in [0.1, 0.15) is 15.9 Å². The van der Waals surface area contributed by atoms with Gasteiger partial charge >= 0.3 is 0 Å². The average molecular weight is 309 g/mol. The van der Waals surface area contributed by atoms with Crippen molar-refractivity contribution in [2.75, 3.05) is 6.79 Å². The Morgan fingerprint density at radius 2 is 2.05 bits per heavy atom. The summed E-state index contributed by atoms with van der Waals surface area (Å²) >= 11 is 5.93. The Labute approximate surface area is 125 Å². The Kier molecular flexibility index (Phi) is 3.66. The molecule has 0 unspecified atom stereocenters. The number of hydrogen-bond donors (Lipinski definition) is 0. The first-order valence-corrected chi connectivity index (χ1v) is 6.51. The van der Waals surface area contributed by atoms with E-state index in [0.717, 1.165) is 0 Å². The molecule has 0 bridgehead atoms. The zero-order valence-corrected chi connectivity index (χ0v) is 11.5. The monoisotopic (exact) mass is 308 g/mol. The first-order valence-electron chi connectivity index (χ1n) is 6.13. The predicted molar refractivity (Wildman–Crippen MR) is 73.7 cm³/mol. The van der Waals surface area contributed by atoms with Crippen LogP contribution in [0.2, 0.25) is 5.02 Å². The van der Waals surface area contributed by atoms with Crippen LogP contribution in [0.5, 0.6) is 17.2 Å². The Hall–Kier alpha value is -2.27. The van der Waals surface area contributed by atoms with Crippen LogP contribution < -0.4 is 14.2 Å². The van der Waals surface area contributed by atoms with Gasteiger partial charge in [-0.2, -0.15) is 0 Å². The van der Waals surface area contributed by atoms with E-state index in [0.29, 0.717) is 23.3 Å². The van der Waals surface area contributed by atoms with Crippen LogP contribution in [0, 0.1) is 5.82 Å². The van der Waals surface area contributed by atoms with Gasteiger partial charge in [-0.3, -0.25) is 4.79 Å². The van der Waals surface area contributed by atoms with Crippen LogP contribution in [0.3, 0.4) is 0 Å². The fourth-order valence-corrected chi connectivity index (χ4v) is 2.19. The van der Waals surface area contributed by atoms with Crippen molar-refractivity contribution in [1.82, 2.24) is 0 Å². The minimum atomic E-state index is -0.462. The maximum Gasteiger partial charge on any atom is 0.231 e. The zero-order valence-electron chi connectivity index (χ0n) is 10.8. The van der Waals surface area contributed by atoms with Crippen molar-refractivity contribution in [2.45, 2.75) is 6.61 Å². The van der Waals surface area contributed by atoms with E-state index < -0.39 is 5.82 Å². The molecule has 1 aliphatic heterocycles. The summed E-state index contributed by atoms with van der Waals surface area (Å²) in [5, 5.41) is 0.267. The number of rotatable bonds is 4. The number of benzene rings is 2. The molecule has 1 heterocycles. The second kappa shape index (κ2) is 5.61. The minimum absolute atomic E-state index is 0.0913. The van der Waals surface area contributed by atoms with Gasteiger partial charge in [0.2, 0.25) is 6.79 Å². The fourth-order valence-electron chi connectivity index (χ4n) is 1.98. The number of aldehydes is 1. The number of carbonyl (C=O) groups excluding carboxylic acids is 1. The van der Waals surface area contributed by atoms with Gasteiger partial charge in [0.1, 0.15) is 18.2 Å². The van der Waals surface area contributed by atoms with E-state index >= 15 is 0 Å². The smallest absolute Gasteiger partial charge is 0.231 e. The normalized spacial score (nSPS) is 12.3. The molecular weight excluding hydrogens is 299 g/mol. The van der Waals surface area contributed by atoms with E-state index in [-0.39, 0.29) is 29.7 Å². The molecule has 0 N–H and O–H groups in total.